The Morgan fingerprint density at radius 1 is 0.338 bits per heavy atom. The molecular formula is C65H60N6. The fourth-order valence-electron chi connectivity index (χ4n) is 10.6. The van der Waals surface area contributed by atoms with E-state index in [0.29, 0.717) is 17.8 Å². The number of nitrogens with zero attached hydrogens (tertiary/aromatic N) is 6. The van der Waals surface area contributed by atoms with Crippen molar-refractivity contribution < 1.29 is 0 Å². The van der Waals surface area contributed by atoms with E-state index in [-0.39, 0.29) is 5.41 Å². The van der Waals surface area contributed by atoms with Crippen LogP contribution in [0.25, 0.3) is 32.7 Å². The lowest BCUT2D eigenvalue weighted by atomic mass is 9.81. The van der Waals surface area contributed by atoms with Crippen molar-refractivity contribution in [1.82, 2.24) is 15.0 Å². The van der Waals surface area contributed by atoms with Gasteiger partial charge >= 0.3 is 0 Å². The molecule has 0 aliphatic heterocycles. The minimum Gasteiger partial charge on any atom is -0.295 e. The molecule has 71 heavy (non-hydrogen) atoms. The highest BCUT2D eigenvalue weighted by atomic mass is 15.2. The van der Waals surface area contributed by atoms with Crippen LogP contribution in [0, 0.1) is 0 Å². The van der Waals surface area contributed by atoms with Crippen LogP contribution in [0.5, 0.6) is 0 Å². The molecule has 0 saturated heterocycles. The molecule has 6 nitrogen and oxygen atoms in total. The van der Waals surface area contributed by atoms with E-state index in [1.807, 2.05) is 36.8 Å². The number of anilines is 9. The predicted molar refractivity (Wildman–Crippen MR) is 299 cm³/mol. The average molecular weight is 925 g/mol. The lowest BCUT2D eigenvalue weighted by Gasteiger charge is -2.33. The van der Waals surface area contributed by atoms with Gasteiger partial charge < -0.3 is 0 Å². The minimum atomic E-state index is -0.378. The second kappa shape index (κ2) is 18.3. The van der Waals surface area contributed by atoms with Gasteiger partial charge in [-0.25, -0.2) is 15.0 Å². The van der Waals surface area contributed by atoms with Gasteiger partial charge in [0.1, 0.15) is 17.5 Å². The van der Waals surface area contributed by atoms with Crippen molar-refractivity contribution in [3.8, 4) is 11.1 Å². The van der Waals surface area contributed by atoms with Gasteiger partial charge in [0.2, 0.25) is 0 Å². The summed E-state index contributed by atoms with van der Waals surface area (Å²) in [6.45, 7) is 18.2. The first-order chi connectivity index (χ1) is 34.5. The van der Waals surface area contributed by atoms with E-state index in [1.165, 1.54) is 38.9 Å². The van der Waals surface area contributed by atoms with Crippen molar-refractivity contribution in [2.45, 2.75) is 78.6 Å². The lowest BCUT2D eigenvalue weighted by molar-refractivity contribution is 0.661. The van der Waals surface area contributed by atoms with Crippen LogP contribution >= 0.6 is 0 Å². The van der Waals surface area contributed by atoms with Crippen LogP contribution < -0.4 is 14.7 Å². The van der Waals surface area contributed by atoms with Gasteiger partial charge in [0.25, 0.3) is 0 Å². The van der Waals surface area contributed by atoms with Crippen molar-refractivity contribution >= 4 is 73.1 Å². The third-order valence-electron chi connectivity index (χ3n) is 14.5. The smallest absolute Gasteiger partial charge is 0.137 e. The Balaban J connectivity index is 1.22. The van der Waals surface area contributed by atoms with Gasteiger partial charge in [0, 0.05) is 68.3 Å². The van der Waals surface area contributed by atoms with E-state index in [4.69, 9.17) is 15.0 Å². The normalized spacial score (nSPS) is 12.7. The summed E-state index contributed by atoms with van der Waals surface area (Å²) in [7, 11) is 0. The number of hydrogen-bond acceptors (Lipinski definition) is 6. The largest absolute Gasteiger partial charge is 0.295 e. The molecule has 350 valence electrons. The zero-order valence-corrected chi connectivity index (χ0v) is 42.0. The number of fused-ring (bicyclic) bond motifs is 5. The van der Waals surface area contributed by atoms with Crippen LogP contribution in [-0.2, 0) is 5.41 Å². The minimum absolute atomic E-state index is 0.378. The fraction of sp³-hybridized carbons (Fsp3) is 0.185. The molecule has 7 aromatic carbocycles. The van der Waals surface area contributed by atoms with Crippen LogP contribution in [0.2, 0.25) is 0 Å². The van der Waals surface area contributed by atoms with Crippen molar-refractivity contribution in [3.63, 3.8) is 0 Å². The number of hydrogen-bond donors (Lipinski definition) is 0. The van der Waals surface area contributed by atoms with Gasteiger partial charge in [-0.2, -0.15) is 0 Å². The monoisotopic (exact) mass is 924 g/mol. The first-order valence-corrected chi connectivity index (χ1v) is 25.1. The highest BCUT2D eigenvalue weighted by Crippen LogP contribution is 2.57. The summed E-state index contributed by atoms with van der Waals surface area (Å²) in [4.78, 5) is 22.1. The van der Waals surface area contributed by atoms with Crippen LogP contribution in [0.3, 0.4) is 0 Å². The summed E-state index contributed by atoms with van der Waals surface area (Å²) >= 11 is 0. The summed E-state index contributed by atoms with van der Waals surface area (Å²) in [5.74, 6) is 3.79. The SMILES string of the molecule is CC(C)c1ccc(N(c2ccc3c(c2)C(C)(C)c2cc4c(N(c5ccc(C(C)C)cc5)c5ccccn5)c5ccccc5c(N(c5ccc(C(C)C)cc5)c5ccccn5)c4cc2-3)c2ccccn2)cc1. The molecule has 0 saturated carbocycles. The first kappa shape index (κ1) is 45.4. The summed E-state index contributed by atoms with van der Waals surface area (Å²) in [6, 6.07) is 66.4. The summed E-state index contributed by atoms with van der Waals surface area (Å²) < 4.78 is 0. The van der Waals surface area contributed by atoms with Gasteiger partial charge in [0.15, 0.2) is 0 Å². The van der Waals surface area contributed by atoms with Crippen LogP contribution in [-0.4, -0.2) is 15.0 Å². The average Bonchev–Trinajstić information content (AvgIpc) is 3.62. The quantitative estimate of drug-likeness (QED) is 0.0899. The van der Waals surface area contributed by atoms with E-state index in [2.05, 4.69) is 234 Å². The molecule has 0 atom stereocenters. The van der Waals surface area contributed by atoms with Crippen molar-refractivity contribution in [3.05, 3.63) is 228 Å². The Morgan fingerprint density at radius 3 is 1.11 bits per heavy atom. The standard InChI is InChI=1S/C65H60N6/c1-42(2)45-22-28-48(29-23-45)69(60-19-11-14-36-66-60)51-34-35-52-55-40-56-57(41-59(55)65(7,8)58(52)39-51)64(71(62-21-13-16-38-68-62)50-32-26-47(27-33-50)44(5)6)54-18-10-9-17-53(54)63(56)70(61-20-12-15-37-67-61)49-30-24-46(25-31-49)43(3)4/h9-44H,1-8H3. The molecule has 3 heterocycles. The van der Waals surface area contributed by atoms with Crippen LogP contribution in [0.15, 0.2) is 201 Å². The van der Waals surface area contributed by atoms with Gasteiger partial charge in [-0.3, -0.25) is 14.7 Å². The van der Waals surface area contributed by atoms with E-state index < -0.39 is 0 Å². The molecule has 10 aromatic rings. The Labute approximate surface area is 419 Å². The highest BCUT2D eigenvalue weighted by molar-refractivity contribution is 6.24. The van der Waals surface area contributed by atoms with Crippen molar-refractivity contribution in [1.29, 1.82) is 0 Å². The molecule has 0 amide bonds. The number of pyridine rings is 3. The molecule has 0 bridgehead atoms. The summed E-state index contributed by atoms with van der Waals surface area (Å²) in [5.41, 5.74) is 14.9. The van der Waals surface area contributed by atoms with Gasteiger partial charge in [0.05, 0.1) is 11.4 Å². The Morgan fingerprint density at radius 2 is 0.704 bits per heavy atom. The Kier molecular flexibility index (Phi) is 11.7. The molecule has 3 aromatic heterocycles. The van der Waals surface area contributed by atoms with Crippen LogP contribution in [0.4, 0.5) is 51.6 Å². The second-order valence-electron chi connectivity index (χ2n) is 20.3. The maximum Gasteiger partial charge on any atom is 0.137 e. The van der Waals surface area contributed by atoms with Gasteiger partial charge in [-0.15, -0.1) is 0 Å². The lowest BCUT2D eigenvalue weighted by Crippen LogP contribution is -2.18. The van der Waals surface area contributed by atoms with Gasteiger partial charge in [-0.05, 0) is 154 Å². The zero-order valence-electron chi connectivity index (χ0n) is 42.0. The molecule has 0 unspecified atom stereocenters. The van der Waals surface area contributed by atoms with Crippen molar-refractivity contribution in [2.24, 2.45) is 0 Å². The molecule has 0 fully saturated rings. The summed E-state index contributed by atoms with van der Waals surface area (Å²) in [5, 5.41) is 4.45. The molecule has 0 radical (unpaired) electrons. The maximum absolute atomic E-state index is 5.10. The molecule has 1 aliphatic rings. The van der Waals surface area contributed by atoms with Gasteiger partial charge in [-0.1, -0.05) is 140 Å². The zero-order chi connectivity index (χ0) is 49.0. The van der Waals surface area contributed by atoms with E-state index in [1.54, 1.807) is 0 Å². The van der Waals surface area contributed by atoms with Crippen LogP contribution in [0.1, 0.15) is 101 Å². The van der Waals surface area contributed by atoms with E-state index in [9.17, 15) is 0 Å². The summed E-state index contributed by atoms with van der Waals surface area (Å²) in [6.07, 6.45) is 5.67. The molecular weight excluding hydrogens is 865 g/mol. The third kappa shape index (κ3) is 8.07. The Bertz CT molecular complexity index is 3510. The predicted octanol–water partition coefficient (Wildman–Crippen LogP) is 18.3. The van der Waals surface area contributed by atoms with E-state index in [0.717, 1.165) is 73.1 Å². The van der Waals surface area contributed by atoms with Crippen molar-refractivity contribution in [2.75, 3.05) is 14.7 Å². The molecule has 11 rings (SSSR count). The highest BCUT2D eigenvalue weighted by Gasteiger charge is 2.38. The number of benzene rings is 7. The first-order valence-electron chi connectivity index (χ1n) is 25.1. The molecule has 6 heteroatoms. The Hall–Kier alpha value is -8.09. The topological polar surface area (TPSA) is 48.4 Å². The number of rotatable bonds is 12. The third-order valence-corrected chi connectivity index (χ3v) is 14.5. The van der Waals surface area contributed by atoms with E-state index >= 15 is 0 Å². The number of aromatic nitrogens is 3. The fourth-order valence-corrected chi connectivity index (χ4v) is 10.6. The maximum atomic E-state index is 5.10. The molecule has 0 spiro atoms. The molecule has 0 N–H and O–H groups in total. The molecule has 1 aliphatic carbocycles. The second-order valence-corrected chi connectivity index (χ2v) is 20.3.